The lowest BCUT2D eigenvalue weighted by molar-refractivity contribution is -0.132. The Morgan fingerprint density at radius 1 is 1.24 bits per heavy atom. The number of aromatic nitrogens is 2. The molecule has 1 atom stereocenters. The number of likely N-dealkylation sites (tertiary alicyclic amines) is 1. The highest BCUT2D eigenvalue weighted by atomic mass is 32.2. The number of hydrogen-bond acceptors (Lipinski definition) is 5. The SMILES string of the molecule is CCCCC(Sc1nc(COC)c(Cc2ccccc2)c(=O)n1C)C(=O)N1CCC(C)CC1. The Bertz CT molecular complexity index is 969. The molecule has 0 bridgehead atoms. The molecule has 1 fully saturated rings. The zero-order chi connectivity index (χ0) is 23.8. The number of amides is 1. The minimum atomic E-state index is -0.230. The molecule has 1 aromatic carbocycles. The van der Waals surface area contributed by atoms with Crippen LogP contribution < -0.4 is 5.56 Å². The van der Waals surface area contributed by atoms with E-state index in [9.17, 15) is 9.59 Å². The standard InChI is InChI=1S/C26H37N3O3S/c1-5-6-12-23(25(31)29-15-13-19(2)14-16-29)33-26-27-22(18-32-4)21(24(30)28(26)3)17-20-10-8-7-9-11-20/h7-11,19,23H,5-6,12-18H2,1-4H3. The van der Waals surface area contributed by atoms with Crippen molar-refractivity contribution in [1.82, 2.24) is 14.5 Å². The van der Waals surface area contributed by atoms with Gasteiger partial charge in [0.15, 0.2) is 5.16 Å². The average molecular weight is 472 g/mol. The van der Waals surface area contributed by atoms with Crippen molar-refractivity contribution >= 4 is 17.7 Å². The van der Waals surface area contributed by atoms with Crippen molar-refractivity contribution in [3.05, 3.63) is 57.5 Å². The molecule has 1 aromatic heterocycles. The summed E-state index contributed by atoms with van der Waals surface area (Å²) in [6.07, 6.45) is 5.40. The van der Waals surface area contributed by atoms with Crippen LogP contribution in [0.3, 0.4) is 0 Å². The third kappa shape index (κ3) is 6.70. The number of methoxy groups -OCH3 is 1. The van der Waals surface area contributed by atoms with E-state index in [1.54, 1.807) is 18.7 Å². The molecule has 6 nitrogen and oxygen atoms in total. The molecular weight excluding hydrogens is 434 g/mol. The molecule has 0 aliphatic carbocycles. The van der Waals surface area contributed by atoms with Crippen LogP contribution in [0.4, 0.5) is 0 Å². The van der Waals surface area contributed by atoms with Crippen molar-refractivity contribution in [3.63, 3.8) is 0 Å². The molecule has 1 aliphatic heterocycles. The van der Waals surface area contributed by atoms with E-state index < -0.39 is 0 Å². The van der Waals surface area contributed by atoms with Gasteiger partial charge >= 0.3 is 0 Å². The second-order valence-corrected chi connectivity index (χ2v) is 10.2. The molecule has 0 N–H and O–H groups in total. The highest BCUT2D eigenvalue weighted by Gasteiger charge is 2.29. The van der Waals surface area contributed by atoms with E-state index in [1.165, 1.54) is 11.8 Å². The Labute approximate surface area is 201 Å². The van der Waals surface area contributed by atoms with Gasteiger partial charge in [0, 0.05) is 39.2 Å². The number of carbonyl (C=O) groups is 1. The van der Waals surface area contributed by atoms with Gasteiger partial charge in [-0.1, -0.05) is 68.8 Å². The van der Waals surface area contributed by atoms with Gasteiger partial charge in [-0.2, -0.15) is 0 Å². The van der Waals surface area contributed by atoms with Gasteiger partial charge in [0.05, 0.1) is 17.6 Å². The van der Waals surface area contributed by atoms with Crippen LogP contribution in [0.5, 0.6) is 0 Å². The zero-order valence-electron chi connectivity index (χ0n) is 20.4. The number of piperidine rings is 1. The van der Waals surface area contributed by atoms with Crippen molar-refractivity contribution in [2.75, 3.05) is 20.2 Å². The largest absolute Gasteiger partial charge is 0.378 e. The number of ether oxygens (including phenoxy) is 1. The predicted octanol–water partition coefficient (Wildman–Crippen LogP) is 4.43. The first-order valence-electron chi connectivity index (χ1n) is 12.0. The van der Waals surface area contributed by atoms with Gasteiger partial charge in [-0.25, -0.2) is 4.98 Å². The first-order valence-corrected chi connectivity index (χ1v) is 12.9. The molecule has 180 valence electrons. The molecule has 1 amide bonds. The molecule has 33 heavy (non-hydrogen) atoms. The third-order valence-electron chi connectivity index (χ3n) is 6.37. The van der Waals surface area contributed by atoms with Gasteiger partial charge in [0.2, 0.25) is 5.91 Å². The van der Waals surface area contributed by atoms with Crippen LogP contribution in [0.25, 0.3) is 0 Å². The van der Waals surface area contributed by atoms with Crippen LogP contribution in [0.1, 0.15) is 62.8 Å². The molecule has 0 saturated carbocycles. The molecule has 7 heteroatoms. The zero-order valence-corrected chi connectivity index (χ0v) is 21.2. The lowest BCUT2D eigenvalue weighted by atomic mass is 9.99. The third-order valence-corrected chi connectivity index (χ3v) is 7.67. The first-order chi connectivity index (χ1) is 15.9. The van der Waals surface area contributed by atoms with Gasteiger partial charge in [0.25, 0.3) is 5.56 Å². The summed E-state index contributed by atoms with van der Waals surface area (Å²) in [4.78, 5) is 33.6. The molecule has 2 aromatic rings. The molecular formula is C26H37N3O3S. The fourth-order valence-corrected chi connectivity index (χ4v) is 5.38. The monoisotopic (exact) mass is 471 g/mol. The van der Waals surface area contributed by atoms with Gasteiger partial charge in [-0.05, 0) is 30.7 Å². The lowest BCUT2D eigenvalue weighted by Crippen LogP contribution is -2.42. The molecule has 3 rings (SSSR count). The van der Waals surface area contributed by atoms with Crippen LogP contribution in [0.15, 0.2) is 40.3 Å². The molecule has 1 saturated heterocycles. The summed E-state index contributed by atoms with van der Waals surface area (Å²) in [5.41, 5.74) is 2.29. The minimum absolute atomic E-state index is 0.0723. The van der Waals surface area contributed by atoms with Gasteiger partial charge < -0.3 is 9.64 Å². The average Bonchev–Trinajstić information content (AvgIpc) is 2.83. The Kier molecular flexibility index (Phi) is 9.56. The minimum Gasteiger partial charge on any atom is -0.378 e. The number of carbonyl (C=O) groups excluding carboxylic acids is 1. The number of thioether (sulfide) groups is 1. The second kappa shape index (κ2) is 12.4. The molecule has 0 radical (unpaired) electrons. The van der Waals surface area contributed by atoms with Crippen LogP contribution in [-0.4, -0.2) is 45.8 Å². The summed E-state index contributed by atoms with van der Waals surface area (Å²) in [6.45, 7) is 6.29. The molecule has 1 aliphatic rings. The van der Waals surface area contributed by atoms with Crippen molar-refractivity contribution in [1.29, 1.82) is 0 Å². The number of nitrogens with zero attached hydrogens (tertiary/aromatic N) is 3. The summed E-state index contributed by atoms with van der Waals surface area (Å²) >= 11 is 1.43. The Morgan fingerprint density at radius 3 is 2.58 bits per heavy atom. The van der Waals surface area contributed by atoms with Crippen LogP contribution in [0, 0.1) is 5.92 Å². The summed E-state index contributed by atoms with van der Waals surface area (Å²) in [5.74, 6) is 0.850. The molecule has 0 spiro atoms. The fraction of sp³-hybridized carbons (Fsp3) is 0.577. The summed E-state index contributed by atoms with van der Waals surface area (Å²) in [7, 11) is 3.37. The van der Waals surface area contributed by atoms with Crippen LogP contribution in [-0.2, 0) is 29.6 Å². The van der Waals surface area contributed by atoms with Crippen molar-refractivity contribution in [3.8, 4) is 0 Å². The summed E-state index contributed by atoms with van der Waals surface area (Å²) in [5, 5.41) is 0.357. The maximum absolute atomic E-state index is 13.4. The van der Waals surface area contributed by atoms with E-state index >= 15 is 0 Å². The smallest absolute Gasteiger partial charge is 0.257 e. The van der Waals surface area contributed by atoms with E-state index in [-0.39, 0.29) is 23.3 Å². The highest BCUT2D eigenvalue weighted by molar-refractivity contribution is 8.00. The van der Waals surface area contributed by atoms with Crippen LogP contribution in [0.2, 0.25) is 0 Å². The van der Waals surface area contributed by atoms with Crippen molar-refractivity contribution in [2.24, 2.45) is 13.0 Å². The molecule has 2 heterocycles. The highest BCUT2D eigenvalue weighted by Crippen LogP contribution is 2.29. The Hall–Kier alpha value is -2.12. The Balaban J connectivity index is 1.89. The first kappa shape index (κ1) is 25.5. The van der Waals surface area contributed by atoms with E-state index in [0.29, 0.717) is 28.8 Å². The number of rotatable bonds is 10. The number of hydrogen-bond donors (Lipinski definition) is 0. The van der Waals surface area contributed by atoms with Crippen LogP contribution >= 0.6 is 11.8 Å². The predicted molar refractivity (Wildman–Crippen MR) is 134 cm³/mol. The quantitative estimate of drug-likeness (QED) is 0.379. The van der Waals surface area contributed by atoms with E-state index in [4.69, 9.17) is 9.72 Å². The van der Waals surface area contributed by atoms with E-state index in [2.05, 4.69) is 13.8 Å². The summed E-state index contributed by atoms with van der Waals surface area (Å²) < 4.78 is 6.99. The maximum Gasteiger partial charge on any atom is 0.257 e. The topological polar surface area (TPSA) is 64.4 Å². The second-order valence-electron chi connectivity index (χ2n) is 9.04. The normalized spacial score (nSPS) is 15.6. The number of unbranched alkanes of at least 4 members (excludes halogenated alkanes) is 1. The molecule has 1 unspecified atom stereocenters. The van der Waals surface area contributed by atoms with Gasteiger partial charge in [-0.15, -0.1) is 0 Å². The fourth-order valence-electron chi connectivity index (χ4n) is 4.19. The van der Waals surface area contributed by atoms with Crippen molar-refractivity contribution in [2.45, 2.75) is 69.4 Å². The summed E-state index contributed by atoms with van der Waals surface area (Å²) in [6, 6.07) is 9.93. The van der Waals surface area contributed by atoms with Crippen molar-refractivity contribution < 1.29 is 9.53 Å². The lowest BCUT2D eigenvalue weighted by Gasteiger charge is -2.33. The van der Waals surface area contributed by atoms with Gasteiger partial charge in [-0.3, -0.25) is 14.2 Å². The van der Waals surface area contributed by atoms with E-state index in [0.717, 1.165) is 50.8 Å². The van der Waals surface area contributed by atoms with E-state index in [1.807, 2.05) is 35.2 Å². The Morgan fingerprint density at radius 2 is 1.94 bits per heavy atom. The van der Waals surface area contributed by atoms with Gasteiger partial charge in [0.1, 0.15) is 0 Å². The number of benzene rings is 1. The maximum atomic E-state index is 13.4.